The largest absolute Gasteiger partial charge is 0.469 e. The molecule has 0 spiro atoms. The molecule has 140 valence electrons. The lowest BCUT2D eigenvalue weighted by molar-refractivity contribution is -0.193. The van der Waals surface area contributed by atoms with Gasteiger partial charge >= 0.3 is 5.97 Å². The van der Waals surface area contributed by atoms with E-state index in [1.165, 1.54) is 20.0 Å². The van der Waals surface area contributed by atoms with E-state index in [1.54, 1.807) is 6.92 Å². The Kier molecular flexibility index (Phi) is 3.68. The van der Waals surface area contributed by atoms with Crippen LogP contribution in [0.15, 0.2) is 0 Å². The maximum absolute atomic E-state index is 11.9. The number of hydroxylamine groups is 2. The zero-order valence-corrected chi connectivity index (χ0v) is 16.0. The van der Waals surface area contributed by atoms with Crippen LogP contribution in [0.2, 0.25) is 0 Å². The lowest BCUT2D eigenvalue weighted by Crippen LogP contribution is -2.42. The fourth-order valence-corrected chi connectivity index (χ4v) is 6.04. The van der Waals surface area contributed by atoms with Crippen LogP contribution in [0.1, 0.15) is 47.5 Å². The number of fused-ring (bicyclic) bond motifs is 7. The van der Waals surface area contributed by atoms with Crippen LogP contribution >= 0.6 is 0 Å². The van der Waals surface area contributed by atoms with Crippen molar-refractivity contribution < 1.29 is 19.1 Å². The molecule has 0 aromatic rings. The lowest BCUT2D eigenvalue weighted by atomic mass is 9.70. The van der Waals surface area contributed by atoms with Crippen molar-refractivity contribution in [2.45, 2.75) is 71.9 Å². The van der Waals surface area contributed by atoms with E-state index in [0.717, 1.165) is 0 Å². The standard InChI is InChI=1S/C19H30N2O4/c1-9(17(22)23-6)13(20)12-10(2)25-21-14-11-7-8-19(5,18(11,3)4)15(14)24-16(12)21/h9-12,14-16,20H,7-8H2,1-6H3/t9-,10-,11+,12+,14+,15+,16-,19-/m0/s1. The summed E-state index contributed by atoms with van der Waals surface area (Å²) in [6.45, 7) is 10.8. The van der Waals surface area contributed by atoms with Crippen molar-refractivity contribution in [3.8, 4) is 0 Å². The van der Waals surface area contributed by atoms with Crippen LogP contribution < -0.4 is 0 Å². The molecule has 1 N–H and O–H groups in total. The first-order valence-electron chi connectivity index (χ1n) is 9.42. The fraction of sp³-hybridized carbons (Fsp3) is 0.895. The second-order valence-electron chi connectivity index (χ2n) is 9.12. The Morgan fingerprint density at radius 3 is 2.68 bits per heavy atom. The van der Waals surface area contributed by atoms with Crippen LogP contribution in [0.5, 0.6) is 0 Å². The topological polar surface area (TPSA) is 71.9 Å². The van der Waals surface area contributed by atoms with Gasteiger partial charge in [0, 0.05) is 11.1 Å². The van der Waals surface area contributed by atoms with E-state index < -0.39 is 5.92 Å². The predicted molar refractivity (Wildman–Crippen MR) is 91.8 cm³/mol. The molecule has 0 amide bonds. The highest BCUT2D eigenvalue weighted by Crippen LogP contribution is 2.70. The van der Waals surface area contributed by atoms with Gasteiger partial charge in [-0.2, -0.15) is 5.06 Å². The van der Waals surface area contributed by atoms with Gasteiger partial charge in [0.1, 0.15) is 6.23 Å². The van der Waals surface area contributed by atoms with Gasteiger partial charge < -0.3 is 14.9 Å². The molecular formula is C19H30N2O4. The van der Waals surface area contributed by atoms with E-state index in [2.05, 4.69) is 20.8 Å². The van der Waals surface area contributed by atoms with Crippen LogP contribution in [0.25, 0.3) is 0 Å². The predicted octanol–water partition coefficient (Wildman–Crippen LogP) is 2.62. The third kappa shape index (κ3) is 1.96. The zero-order chi connectivity index (χ0) is 18.3. The Bertz CT molecular complexity index is 621. The maximum atomic E-state index is 11.9. The minimum absolute atomic E-state index is 0.139. The van der Waals surface area contributed by atoms with Crippen LogP contribution in [0.3, 0.4) is 0 Å². The fourth-order valence-electron chi connectivity index (χ4n) is 6.04. The Morgan fingerprint density at radius 1 is 1.36 bits per heavy atom. The molecule has 2 bridgehead atoms. The molecule has 0 aromatic carbocycles. The molecule has 8 atom stereocenters. The number of nitrogens with zero attached hydrogens (tertiary/aromatic N) is 1. The Hall–Kier alpha value is -0.980. The van der Waals surface area contributed by atoms with E-state index in [9.17, 15) is 4.79 Å². The number of hydrogen-bond donors (Lipinski definition) is 1. The van der Waals surface area contributed by atoms with Gasteiger partial charge in [0.15, 0.2) is 0 Å². The van der Waals surface area contributed by atoms with Gasteiger partial charge in [-0.05, 0) is 38.0 Å². The molecular weight excluding hydrogens is 320 g/mol. The molecule has 6 heteroatoms. The molecule has 4 fully saturated rings. The molecule has 0 radical (unpaired) electrons. The maximum Gasteiger partial charge on any atom is 0.314 e. The van der Waals surface area contributed by atoms with Gasteiger partial charge in [-0.25, -0.2) is 0 Å². The normalized spacial score (nSPS) is 48.2. The molecule has 2 aliphatic heterocycles. The highest BCUT2D eigenvalue weighted by molar-refractivity contribution is 6.01. The number of rotatable bonds is 3. The van der Waals surface area contributed by atoms with E-state index >= 15 is 0 Å². The smallest absolute Gasteiger partial charge is 0.314 e. The first-order chi connectivity index (χ1) is 11.6. The van der Waals surface area contributed by atoms with Gasteiger partial charge in [0.2, 0.25) is 0 Å². The van der Waals surface area contributed by atoms with Gasteiger partial charge in [-0.15, -0.1) is 0 Å². The van der Waals surface area contributed by atoms with Gasteiger partial charge in [0.05, 0.1) is 37.2 Å². The second kappa shape index (κ2) is 5.27. The average Bonchev–Trinajstić information content (AvgIpc) is 3.19. The third-order valence-corrected chi connectivity index (χ3v) is 8.04. The molecule has 4 aliphatic rings. The van der Waals surface area contributed by atoms with E-state index in [4.69, 9.17) is 19.7 Å². The van der Waals surface area contributed by atoms with E-state index in [0.29, 0.717) is 11.6 Å². The Balaban J connectivity index is 1.61. The van der Waals surface area contributed by atoms with Gasteiger partial charge in [-0.1, -0.05) is 20.8 Å². The molecule has 2 aliphatic carbocycles. The van der Waals surface area contributed by atoms with Crippen molar-refractivity contribution in [1.29, 1.82) is 5.41 Å². The first kappa shape index (κ1) is 17.4. The summed E-state index contributed by atoms with van der Waals surface area (Å²) in [7, 11) is 1.37. The van der Waals surface area contributed by atoms with Crippen molar-refractivity contribution in [1.82, 2.24) is 5.06 Å². The monoisotopic (exact) mass is 350 g/mol. The third-order valence-electron chi connectivity index (χ3n) is 8.04. The summed E-state index contributed by atoms with van der Waals surface area (Å²) in [5, 5.41) is 10.6. The highest BCUT2D eigenvalue weighted by Gasteiger charge is 2.73. The van der Waals surface area contributed by atoms with Crippen molar-refractivity contribution in [3.63, 3.8) is 0 Å². The zero-order valence-electron chi connectivity index (χ0n) is 16.0. The SMILES string of the molecule is COC(=O)[C@@H](C)C(=N)[C@H]1[C@H](C)ON2[C@@H]3[C@H]4CC[C@@](C)([C@@H]3O[C@@H]12)C4(C)C. The summed E-state index contributed by atoms with van der Waals surface area (Å²) in [6, 6.07) is 0.257. The second-order valence-corrected chi connectivity index (χ2v) is 9.12. The average molecular weight is 350 g/mol. The van der Waals surface area contributed by atoms with E-state index in [-0.39, 0.29) is 47.2 Å². The summed E-state index contributed by atoms with van der Waals surface area (Å²) < 4.78 is 11.4. The van der Waals surface area contributed by atoms with Crippen LogP contribution in [-0.2, 0) is 19.1 Å². The summed E-state index contributed by atoms with van der Waals surface area (Å²) in [5.74, 6) is -0.632. The molecule has 4 rings (SSSR count). The Morgan fingerprint density at radius 2 is 2.04 bits per heavy atom. The number of ether oxygens (including phenoxy) is 2. The number of methoxy groups -OCH3 is 1. The van der Waals surface area contributed by atoms with Crippen molar-refractivity contribution in [2.75, 3.05) is 7.11 Å². The summed E-state index contributed by atoms with van der Waals surface area (Å²) in [4.78, 5) is 18.1. The van der Waals surface area contributed by atoms with Gasteiger partial charge in [0.25, 0.3) is 0 Å². The first-order valence-corrected chi connectivity index (χ1v) is 9.42. The summed E-state index contributed by atoms with van der Waals surface area (Å²) in [6.07, 6.45) is 2.10. The number of hydrogen-bond acceptors (Lipinski definition) is 6. The highest BCUT2D eigenvalue weighted by atomic mass is 16.8. The molecule has 2 saturated heterocycles. The number of carbonyl (C=O) groups excluding carboxylic acids is 1. The molecule has 25 heavy (non-hydrogen) atoms. The van der Waals surface area contributed by atoms with Crippen molar-refractivity contribution in [3.05, 3.63) is 0 Å². The van der Waals surface area contributed by atoms with Crippen LogP contribution in [0, 0.1) is 34.0 Å². The van der Waals surface area contributed by atoms with Crippen LogP contribution in [-0.4, -0.2) is 48.3 Å². The molecule has 2 saturated carbocycles. The van der Waals surface area contributed by atoms with E-state index in [1.807, 2.05) is 12.0 Å². The number of nitrogens with one attached hydrogen (secondary N) is 1. The van der Waals surface area contributed by atoms with Crippen LogP contribution in [0.4, 0.5) is 0 Å². The molecule has 0 aromatic heterocycles. The summed E-state index contributed by atoms with van der Waals surface area (Å²) in [5.41, 5.74) is 0.716. The van der Waals surface area contributed by atoms with Crippen molar-refractivity contribution >= 4 is 11.7 Å². The lowest BCUT2D eigenvalue weighted by Gasteiger charge is -2.38. The Labute approximate surface area is 149 Å². The minimum Gasteiger partial charge on any atom is -0.469 e. The quantitative estimate of drug-likeness (QED) is 0.626. The van der Waals surface area contributed by atoms with Gasteiger partial charge in [-0.3, -0.25) is 9.63 Å². The minimum atomic E-state index is -0.575. The molecule has 2 heterocycles. The molecule has 0 unspecified atom stereocenters. The molecule has 6 nitrogen and oxygen atoms in total. The number of esters is 1. The van der Waals surface area contributed by atoms with Crippen molar-refractivity contribution in [2.24, 2.45) is 28.6 Å². The number of carbonyl (C=O) groups is 1. The summed E-state index contributed by atoms with van der Waals surface area (Å²) >= 11 is 0.